The van der Waals surface area contributed by atoms with Gasteiger partial charge in [-0.25, -0.2) is 0 Å². The van der Waals surface area contributed by atoms with Crippen LogP contribution in [-0.2, 0) is 0 Å². The first kappa shape index (κ1) is 13.3. The largest absolute Gasteiger partial charge is 0.0811 e. The van der Waals surface area contributed by atoms with E-state index in [-0.39, 0.29) is 0 Å². The number of fused-ring (bicyclic) bond motifs is 1. The van der Waals surface area contributed by atoms with Gasteiger partial charge in [-0.15, -0.1) is 0 Å². The van der Waals surface area contributed by atoms with E-state index >= 15 is 0 Å². The highest BCUT2D eigenvalue weighted by atomic mass is 28.3. The average Bonchev–Trinajstić information content (AvgIpc) is 2.64. The molecule has 0 aliphatic heterocycles. The molecule has 2 atom stereocenters. The summed E-state index contributed by atoms with van der Waals surface area (Å²) >= 11 is 0. The van der Waals surface area contributed by atoms with Crippen LogP contribution in [0.4, 0.5) is 0 Å². The van der Waals surface area contributed by atoms with Gasteiger partial charge in [-0.1, -0.05) is 75.7 Å². The predicted octanol–water partition coefficient (Wildman–Crippen LogP) is 4.88. The average molecular weight is 265 g/mol. The molecule has 1 fully saturated rings. The Morgan fingerprint density at radius 1 is 0.765 bits per heavy atom. The van der Waals surface area contributed by atoms with Crippen molar-refractivity contribution < 1.29 is 0 Å². The minimum absolute atomic E-state index is 0.534. The van der Waals surface area contributed by atoms with E-state index in [1.165, 1.54) is 0 Å². The molecule has 0 spiro atoms. The third-order valence-corrected chi connectivity index (χ3v) is 8.95. The first-order valence-corrected chi connectivity index (χ1v) is 13.9. The number of hydrogen-bond acceptors (Lipinski definition) is 0. The van der Waals surface area contributed by atoms with Crippen molar-refractivity contribution in [3.05, 3.63) is 22.5 Å². The summed E-state index contributed by atoms with van der Waals surface area (Å²) in [7, 11) is -2.36. The molecule has 0 nitrogen and oxygen atoms in total. The third kappa shape index (κ3) is 2.14. The van der Waals surface area contributed by atoms with Crippen molar-refractivity contribution in [2.45, 2.75) is 53.1 Å². The molecule has 2 aliphatic rings. The van der Waals surface area contributed by atoms with Gasteiger partial charge in [0.05, 0.1) is 16.1 Å². The molecule has 96 valence electrons. The molecule has 2 unspecified atom stereocenters. The summed E-state index contributed by atoms with van der Waals surface area (Å²) in [6.07, 6.45) is 5.34. The maximum absolute atomic E-state index is 2.67. The van der Waals surface area contributed by atoms with Gasteiger partial charge in [0.15, 0.2) is 0 Å². The fourth-order valence-corrected chi connectivity index (χ4v) is 8.59. The van der Waals surface area contributed by atoms with E-state index in [2.05, 4.69) is 65.3 Å². The van der Waals surface area contributed by atoms with E-state index in [4.69, 9.17) is 0 Å². The topological polar surface area (TPSA) is 0 Å². The lowest BCUT2D eigenvalue weighted by Gasteiger charge is -2.33. The van der Waals surface area contributed by atoms with Crippen LogP contribution in [0.3, 0.4) is 0 Å². The highest BCUT2D eigenvalue weighted by molar-refractivity contribution is 6.92. The van der Waals surface area contributed by atoms with E-state index in [0.29, 0.717) is 5.41 Å². The molecule has 1 saturated carbocycles. The lowest BCUT2D eigenvalue weighted by Crippen LogP contribution is -2.36. The van der Waals surface area contributed by atoms with Crippen LogP contribution in [0.25, 0.3) is 0 Å². The summed E-state index contributed by atoms with van der Waals surface area (Å²) in [6, 6.07) is 0. The maximum atomic E-state index is 2.67. The summed E-state index contributed by atoms with van der Waals surface area (Å²) in [4.78, 5) is 0. The standard InChI is InChI=1S/C15H28Si2/c1-15(2)11-9-13(16(3,4)5)14(10-12(11)15)17(6,7)8/h9-12H,1-8H3. The molecule has 0 saturated heterocycles. The van der Waals surface area contributed by atoms with E-state index in [0.717, 1.165) is 11.8 Å². The van der Waals surface area contributed by atoms with Crippen LogP contribution in [0, 0.1) is 17.3 Å². The molecule has 17 heavy (non-hydrogen) atoms. The normalized spacial score (nSPS) is 31.5. The molecule has 0 heterocycles. The molecule has 0 aromatic heterocycles. The van der Waals surface area contributed by atoms with Crippen LogP contribution in [0.5, 0.6) is 0 Å². The molecule has 2 rings (SSSR count). The SMILES string of the molecule is CC1(C)C2C=C([Si](C)(C)C)C([Si](C)(C)C)=CC21. The van der Waals surface area contributed by atoms with Gasteiger partial charge in [0.25, 0.3) is 0 Å². The van der Waals surface area contributed by atoms with Crippen molar-refractivity contribution in [3.8, 4) is 0 Å². The Morgan fingerprint density at radius 2 is 1.06 bits per heavy atom. The highest BCUT2D eigenvalue weighted by Crippen LogP contribution is 2.63. The van der Waals surface area contributed by atoms with E-state index in [1.54, 1.807) is 10.4 Å². The molecule has 2 aliphatic carbocycles. The monoisotopic (exact) mass is 264 g/mol. The lowest BCUT2D eigenvalue weighted by atomic mass is 10.1. The third-order valence-electron chi connectivity index (χ3n) is 4.59. The maximum Gasteiger partial charge on any atom is 0.0770 e. The van der Waals surface area contributed by atoms with Crippen molar-refractivity contribution in [2.24, 2.45) is 17.3 Å². The van der Waals surface area contributed by atoms with Crippen molar-refractivity contribution >= 4 is 16.1 Å². The fourth-order valence-electron chi connectivity index (χ4n) is 3.20. The van der Waals surface area contributed by atoms with Gasteiger partial charge in [0.1, 0.15) is 0 Å². The van der Waals surface area contributed by atoms with Crippen molar-refractivity contribution in [1.29, 1.82) is 0 Å². The Morgan fingerprint density at radius 3 is 1.29 bits per heavy atom. The Hall–Kier alpha value is -0.0862. The first-order valence-electron chi connectivity index (χ1n) is 6.90. The van der Waals surface area contributed by atoms with Crippen LogP contribution in [0.1, 0.15) is 13.8 Å². The van der Waals surface area contributed by atoms with Gasteiger partial charge in [0.2, 0.25) is 0 Å². The van der Waals surface area contributed by atoms with Gasteiger partial charge < -0.3 is 0 Å². The van der Waals surface area contributed by atoms with Crippen LogP contribution in [0.15, 0.2) is 22.5 Å². The molecular formula is C15H28Si2. The fraction of sp³-hybridized carbons (Fsp3) is 0.733. The van der Waals surface area contributed by atoms with Crippen LogP contribution < -0.4 is 0 Å². The zero-order chi connectivity index (χ0) is 13.2. The second-order valence-corrected chi connectivity index (χ2v) is 18.6. The second kappa shape index (κ2) is 3.48. The minimum Gasteiger partial charge on any atom is -0.0811 e. The Kier molecular flexibility index (Phi) is 2.73. The molecular weight excluding hydrogens is 236 g/mol. The van der Waals surface area contributed by atoms with E-state index < -0.39 is 16.1 Å². The summed E-state index contributed by atoms with van der Waals surface area (Å²) in [6.45, 7) is 19.9. The molecule has 0 aromatic rings. The summed E-state index contributed by atoms with van der Waals surface area (Å²) in [5.41, 5.74) is 0.534. The lowest BCUT2D eigenvalue weighted by molar-refractivity contribution is 0.587. The summed E-state index contributed by atoms with van der Waals surface area (Å²) in [5.74, 6) is 1.67. The van der Waals surface area contributed by atoms with Crippen LogP contribution >= 0.6 is 0 Å². The molecule has 0 bridgehead atoms. The van der Waals surface area contributed by atoms with Gasteiger partial charge in [0, 0.05) is 0 Å². The van der Waals surface area contributed by atoms with Crippen LogP contribution in [-0.4, -0.2) is 16.1 Å². The number of rotatable bonds is 2. The molecule has 0 N–H and O–H groups in total. The summed E-state index contributed by atoms with van der Waals surface area (Å²) < 4.78 is 0. The van der Waals surface area contributed by atoms with Crippen molar-refractivity contribution in [1.82, 2.24) is 0 Å². The molecule has 0 amide bonds. The van der Waals surface area contributed by atoms with Gasteiger partial charge >= 0.3 is 0 Å². The zero-order valence-electron chi connectivity index (χ0n) is 12.8. The van der Waals surface area contributed by atoms with Gasteiger partial charge in [-0.2, -0.15) is 0 Å². The first-order chi connectivity index (χ1) is 7.45. The van der Waals surface area contributed by atoms with E-state index in [9.17, 15) is 0 Å². The Bertz CT molecular complexity index is 362. The van der Waals surface area contributed by atoms with Crippen LogP contribution in [0.2, 0.25) is 39.3 Å². The van der Waals surface area contributed by atoms with Crippen molar-refractivity contribution in [3.63, 3.8) is 0 Å². The highest BCUT2D eigenvalue weighted by Gasteiger charge is 2.57. The number of allylic oxidation sites excluding steroid dienone is 4. The zero-order valence-corrected chi connectivity index (χ0v) is 14.8. The minimum atomic E-state index is -1.18. The Labute approximate surface area is 109 Å². The quantitative estimate of drug-likeness (QED) is 0.624. The second-order valence-electron chi connectivity index (χ2n) is 8.53. The van der Waals surface area contributed by atoms with Crippen molar-refractivity contribution in [2.75, 3.05) is 0 Å². The van der Waals surface area contributed by atoms with E-state index in [1.807, 2.05) is 0 Å². The molecule has 0 radical (unpaired) electrons. The molecule has 0 aromatic carbocycles. The predicted molar refractivity (Wildman–Crippen MR) is 83.6 cm³/mol. The molecule has 2 heteroatoms. The van der Waals surface area contributed by atoms with Gasteiger partial charge in [-0.05, 0) is 17.3 Å². The number of hydrogen-bond donors (Lipinski definition) is 0. The smallest absolute Gasteiger partial charge is 0.0770 e. The van der Waals surface area contributed by atoms with Gasteiger partial charge in [-0.3, -0.25) is 0 Å². The Balaban J connectivity index is 2.46. The summed E-state index contributed by atoms with van der Waals surface area (Å²) in [5, 5.41) is 3.56.